The highest BCUT2D eigenvalue weighted by Crippen LogP contribution is 2.20. The van der Waals surface area contributed by atoms with E-state index in [0.29, 0.717) is 23.1 Å². The summed E-state index contributed by atoms with van der Waals surface area (Å²) in [5.41, 5.74) is 1.24. The number of aromatic nitrogens is 2. The molecule has 0 saturated carbocycles. The molecule has 12 heteroatoms. The first-order valence-corrected chi connectivity index (χ1v) is 13.4. The van der Waals surface area contributed by atoms with E-state index in [-0.39, 0.29) is 22.7 Å². The summed E-state index contributed by atoms with van der Waals surface area (Å²) in [5, 5.41) is 9.01. The zero-order valence-corrected chi connectivity index (χ0v) is 21.4. The normalized spacial score (nSPS) is 15.6. The van der Waals surface area contributed by atoms with Crippen LogP contribution in [0.3, 0.4) is 0 Å². The smallest absolute Gasteiger partial charge is 0.241 e. The van der Waals surface area contributed by atoms with E-state index >= 15 is 0 Å². The third-order valence-corrected chi connectivity index (χ3v) is 7.54. The molecule has 37 heavy (non-hydrogen) atoms. The summed E-state index contributed by atoms with van der Waals surface area (Å²) in [6.07, 6.45) is 3.23. The fourth-order valence-electron chi connectivity index (χ4n) is 3.85. The zero-order chi connectivity index (χ0) is 26.4. The summed E-state index contributed by atoms with van der Waals surface area (Å²) >= 11 is 0. The molecule has 2 heterocycles. The third kappa shape index (κ3) is 7.44. The maximum absolute atomic E-state index is 13.1. The first-order valence-electron chi connectivity index (χ1n) is 11.9. The van der Waals surface area contributed by atoms with Crippen LogP contribution in [0.15, 0.2) is 65.7 Å². The van der Waals surface area contributed by atoms with Gasteiger partial charge in [0.05, 0.1) is 10.9 Å². The molecule has 196 valence electrons. The Morgan fingerprint density at radius 3 is 2.30 bits per heavy atom. The van der Waals surface area contributed by atoms with Crippen LogP contribution in [-0.2, 0) is 14.8 Å². The minimum atomic E-state index is -3.90. The van der Waals surface area contributed by atoms with Crippen molar-refractivity contribution < 1.29 is 17.6 Å². The molecule has 0 bridgehead atoms. The van der Waals surface area contributed by atoms with E-state index in [0.717, 1.165) is 25.9 Å². The average Bonchev–Trinajstić information content (AvgIpc) is 2.87. The van der Waals surface area contributed by atoms with E-state index in [1.807, 2.05) is 7.05 Å². The molecule has 1 atom stereocenters. The van der Waals surface area contributed by atoms with Gasteiger partial charge in [0, 0.05) is 23.6 Å². The molecule has 1 saturated heterocycles. The molecule has 0 aliphatic carbocycles. The number of nitrogens with one attached hydrogen (secondary N) is 4. The Hall–Kier alpha value is -3.61. The lowest BCUT2D eigenvalue weighted by Gasteiger charge is -2.30. The number of piperidine rings is 1. The number of carbonyl (C=O) groups excluding carboxylic acids is 1. The Kier molecular flexibility index (Phi) is 8.31. The Bertz CT molecular complexity index is 1310. The van der Waals surface area contributed by atoms with Gasteiger partial charge in [-0.3, -0.25) is 4.79 Å². The molecule has 0 radical (unpaired) electrons. The summed E-state index contributed by atoms with van der Waals surface area (Å²) in [7, 11) is -1.87. The second-order valence-corrected chi connectivity index (χ2v) is 10.7. The minimum Gasteiger partial charge on any atom is -0.352 e. The van der Waals surface area contributed by atoms with Gasteiger partial charge < -0.3 is 20.9 Å². The van der Waals surface area contributed by atoms with Gasteiger partial charge in [-0.05, 0) is 94.5 Å². The van der Waals surface area contributed by atoms with Crippen LogP contribution in [0.1, 0.15) is 19.8 Å². The first kappa shape index (κ1) is 26.5. The maximum Gasteiger partial charge on any atom is 0.241 e. The Labute approximate surface area is 215 Å². The highest BCUT2D eigenvalue weighted by molar-refractivity contribution is 7.89. The van der Waals surface area contributed by atoms with Crippen LogP contribution >= 0.6 is 0 Å². The van der Waals surface area contributed by atoms with E-state index < -0.39 is 16.1 Å². The van der Waals surface area contributed by atoms with Crippen LogP contribution in [0.25, 0.3) is 0 Å². The number of sulfonamides is 1. The third-order valence-electron chi connectivity index (χ3n) is 5.98. The van der Waals surface area contributed by atoms with Crippen molar-refractivity contribution >= 4 is 39.1 Å². The number of anilines is 4. The van der Waals surface area contributed by atoms with Crippen molar-refractivity contribution in [3.8, 4) is 0 Å². The van der Waals surface area contributed by atoms with Crippen LogP contribution < -0.4 is 20.7 Å². The zero-order valence-electron chi connectivity index (χ0n) is 20.6. The number of amides is 1. The summed E-state index contributed by atoms with van der Waals surface area (Å²) in [4.78, 5) is 23.3. The number of likely N-dealkylation sites (tertiary alicyclic amines) is 1. The predicted octanol–water partition coefficient (Wildman–Crippen LogP) is 2.98. The van der Waals surface area contributed by atoms with E-state index in [1.165, 1.54) is 31.2 Å². The highest BCUT2D eigenvalue weighted by atomic mass is 32.2. The molecule has 0 spiro atoms. The summed E-state index contributed by atoms with van der Waals surface area (Å²) in [6.45, 7) is 3.32. The molecular weight excluding hydrogens is 497 g/mol. The summed E-state index contributed by atoms with van der Waals surface area (Å²) < 4.78 is 41.2. The summed E-state index contributed by atoms with van der Waals surface area (Å²) in [5.74, 6) is 0.115. The molecule has 1 aliphatic rings. The lowest BCUT2D eigenvalue weighted by atomic mass is 10.1. The minimum absolute atomic E-state index is 0.0321. The number of rotatable bonds is 9. The standard InChI is InChI=1S/C25H30FN7O3S/c1-17(24(34)29-21-12-15-33(2)16-13-21)32-37(35,36)22-9-7-20(8-10-22)30-25-27-14-11-23(31-25)28-19-5-3-18(26)4-6-19/h3-11,14,17,21,32H,12-13,15-16H2,1-2H3,(H,29,34)(H2,27,28,30,31). The van der Waals surface area contributed by atoms with Gasteiger partial charge in [0.15, 0.2) is 0 Å². The van der Waals surface area contributed by atoms with Crippen molar-refractivity contribution in [1.82, 2.24) is 24.9 Å². The van der Waals surface area contributed by atoms with Gasteiger partial charge in [0.1, 0.15) is 11.6 Å². The van der Waals surface area contributed by atoms with Gasteiger partial charge in [-0.15, -0.1) is 0 Å². The Balaban J connectivity index is 1.34. The molecule has 1 aromatic heterocycles. The topological polar surface area (TPSA) is 128 Å². The van der Waals surface area contributed by atoms with Gasteiger partial charge >= 0.3 is 0 Å². The second-order valence-electron chi connectivity index (χ2n) is 8.98. The monoisotopic (exact) mass is 527 g/mol. The quantitative estimate of drug-likeness (QED) is 0.334. The number of carbonyl (C=O) groups is 1. The fourth-order valence-corrected chi connectivity index (χ4v) is 5.05. The second kappa shape index (κ2) is 11.6. The molecule has 1 amide bonds. The van der Waals surface area contributed by atoms with E-state index in [9.17, 15) is 17.6 Å². The molecule has 10 nitrogen and oxygen atoms in total. The molecule has 1 unspecified atom stereocenters. The lowest BCUT2D eigenvalue weighted by Crippen LogP contribution is -2.50. The first-order chi connectivity index (χ1) is 17.7. The molecule has 4 N–H and O–H groups in total. The van der Waals surface area contributed by atoms with Crippen molar-refractivity contribution in [3.05, 3.63) is 66.6 Å². The van der Waals surface area contributed by atoms with Gasteiger partial charge in [0.25, 0.3) is 0 Å². The van der Waals surface area contributed by atoms with Crippen LogP contribution in [0, 0.1) is 5.82 Å². The average molecular weight is 528 g/mol. The number of nitrogens with zero attached hydrogens (tertiary/aromatic N) is 3. The lowest BCUT2D eigenvalue weighted by molar-refractivity contribution is -0.123. The molecule has 2 aromatic carbocycles. The number of benzene rings is 2. The predicted molar refractivity (Wildman–Crippen MR) is 140 cm³/mol. The Morgan fingerprint density at radius 2 is 1.62 bits per heavy atom. The molecule has 1 aliphatic heterocycles. The number of hydrogen-bond acceptors (Lipinski definition) is 8. The summed E-state index contributed by atoms with van der Waals surface area (Å²) in [6, 6.07) is 12.7. The van der Waals surface area contributed by atoms with Crippen LogP contribution in [0.2, 0.25) is 0 Å². The van der Waals surface area contributed by atoms with Crippen LogP contribution in [0.4, 0.5) is 27.5 Å². The molecule has 4 rings (SSSR count). The molecule has 3 aromatic rings. The highest BCUT2D eigenvalue weighted by Gasteiger charge is 2.25. The van der Waals surface area contributed by atoms with Crippen LogP contribution in [0.5, 0.6) is 0 Å². The SMILES string of the molecule is CC(NS(=O)(=O)c1ccc(Nc2nccc(Nc3ccc(F)cc3)n2)cc1)C(=O)NC1CCN(C)CC1. The van der Waals surface area contributed by atoms with E-state index in [1.54, 1.807) is 36.5 Å². The van der Waals surface area contributed by atoms with Crippen molar-refractivity contribution in [2.45, 2.75) is 36.7 Å². The van der Waals surface area contributed by atoms with Crippen LogP contribution in [-0.4, -0.2) is 61.4 Å². The van der Waals surface area contributed by atoms with Gasteiger partial charge in [0.2, 0.25) is 21.9 Å². The number of halogens is 1. The maximum atomic E-state index is 13.1. The van der Waals surface area contributed by atoms with E-state index in [2.05, 4.69) is 35.5 Å². The largest absolute Gasteiger partial charge is 0.352 e. The molecular formula is C25H30FN7O3S. The van der Waals surface area contributed by atoms with Crippen molar-refractivity contribution in [2.75, 3.05) is 30.8 Å². The number of hydrogen-bond donors (Lipinski definition) is 4. The van der Waals surface area contributed by atoms with Gasteiger partial charge in [-0.1, -0.05) is 0 Å². The Morgan fingerprint density at radius 1 is 1.00 bits per heavy atom. The van der Waals surface area contributed by atoms with Crippen molar-refractivity contribution in [3.63, 3.8) is 0 Å². The van der Waals surface area contributed by atoms with E-state index in [4.69, 9.17) is 0 Å². The van der Waals surface area contributed by atoms with Crippen molar-refractivity contribution in [1.29, 1.82) is 0 Å². The van der Waals surface area contributed by atoms with Gasteiger partial charge in [-0.2, -0.15) is 9.71 Å². The molecule has 1 fully saturated rings. The fraction of sp³-hybridized carbons (Fsp3) is 0.320. The van der Waals surface area contributed by atoms with Gasteiger partial charge in [-0.25, -0.2) is 17.8 Å². The van der Waals surface area contributed by atoms with Crippen molar-refractivity contribution in [2.24, 2.45) is 0 Å².